The molecule has 0 aliphatic heterocycles. The monoisotopic (exact) mass is 547 g/mol. The van der Waals surface area contributed by atoms with Crippen LogP contribution >= 0.6 is 0 Å². The van der Waals surface area contributed by atoms with E-state index < -0.39 is 11.9 Å². The molecule has 1 N–H and O–H groups in total. The van der Waals surface area contributed by atoms with E-state index in [4.69, 9.17) is 19.4 Å². The molecule has 0 radical (unpaired) electrons. The maximum atomic E-state index is 13.3. The fraction of sp³-hybridized carbons (Fsp3) is 0.321. The lowest BCUT2D eigenvalue weighted by Crippen LogP contribution is -2.05. The zero-order chi connectivity index (χ0) is 27.4. The highest BCUT2D eigenvalue weighted by Gasteiger charge is 2.37. The standard InChI is InChI=1S/C28H24F3N7O2/c1-39-27-21(22(16-6-7-16)33-14-34-27)24-36-23-19(10-11-32-23)26(37-24)40-13-15-2-4-17(5-3-15)25-35-20(28(29,30)31)12-38(25)18-8-9-18/h2-5,10-12,14,16,18H,6-9,13H2,1H3,(H,32,36,37). The number of aromatic amines is 1. The van der Waals surface area contributed by atoms with Crippen molar-refractivity contribution in [1.29, 1.82) is 0 Å². The summed E-state index contributed by atoms with van der Waals surface area (Å²) in [6.07, 6.45) is 3.66. The van der Waals surface area contributed by atoms with E-state index in [1.54, 1.807) is 30.0 Å². The summed E-state index contributed by atoms with van der Waals surface area (Å²) >= 11 is 0. The summed E-state index contributed by atoms with van der Waals surface area (Å²) in [6, 6.07) is 9.09. The predicted octanol–water partition coefficient (Wildman–Crippen LogP) is 6.10. The van der Waals surface area contributed by atoms with Crippen molar-refractivity contribution >= 4 is 11.0 Å². The molecule has 9 nitrogen and oxygen atoms in total. The molecule has 2 saturated carbocycles. The Kier molecular flexibility index (Phi) is 5.72. The third-order valence-electron chi connectivity index (χ3n) is 7.15. The van der Waals surface area contributed by atoms with Crippen LogP contribution in [-0.4, -0.2) is 41.6 Å². The Bertz CT molecular complexity index is 1700. The van der Waals surface area contributed by atoms with Crippen molar-refractivity contribution in [2.45, 2.75) is 50.4 Å². The average molecular weight is 548 g/mol. The second-order valence-electron chi connectivity index (χ2n) is 10.1. The SMILES string of the molecule is COc1ncnc(C2CC2)c1-c1nc(OCc2ccc(-c3nc(C(F)(F)F)cn3C3CC3)cc2)c2cc[nH]c2n1. The van der Waals surface area contributed by atoms with Gasteiger partial charge in [0.2, 0.25) is 11.8 Å². The molecule has 0 atom stereocenters. The Morgan fingerprint density at radius 1 is 0.975 bits per heavy atom. The molecule has 204 valence electrons. The molecule has 0 unspecified atom stereocenters. The van der Waals surface area contributed by atoms with E-state index in [9.17, 15) is 13.2 Å². The van der Waals surface area contributed by atoms with Crippen LogP contribution in [0.2, 0.25) is 0 Å². The van der Waals surface area contributed by atoms with E-state index >= 15 is 0 Å². The quantitative estimate of drug-likeness (QED) is 0.250. The number of fused-ring (bicyclic) bond motifs is 1. The largest absolute Gasteiger partial charge is 0.480 e. The van der Waals surface area contributed by atoms with E-state index in [2.05, 4.69) is 19.9 Å². The number of methoxy groups -OCH3 is 1. The van der Waals surface area contributed by atoms with Crippen LogP contribution in [0.3, 0.4) is 0 Å². The van der Waals surface area contributed by atoms with Gasteiger partial charge in [0.25, 0.3) is 0 Å². The fourth-order valence-corrected chi connectivity index (χ4v) is 4.82. The first-order valence-corrected chi connectivity index (χ1v) is 13.0. The summed E-state index contributed by atoms with van der Waals surface area (Å²) < 4.78 is 53.3. The second kappa shape index (κ2) is 9.32. The molecule has 40 heavy (non-hydrogen) atoms. The van der Waals surface area contributed by atoms with Gasteiger partial charge in [-0.3, -0.25) is 0 Å². The zero-order valence-electron chi connectivity index (χ0n) is 21.4. The molecular formula is C28H24F3N7O2. The van der Waals surface area contributed by atoms with Crippen LogP contribution in [0.5, 0.6) is 11.8 Å². The Morgan fingerprint density at radius 3 is 2.48 bits per heavy atom. The van der Waals surface area contributed by atoms with Crippen LogP contribution < -0.4 is 9.47 Å². The molecule has 2 fully saturated rings. The van der Waals surface area contributed by atoms with Crippen molar-refractivity contribution in [3.05, 3.63) is 66.0 Å². The van der Waals surface area contributed by atoms with Crippen LogP contribution in [0.25, 0.3) is 33.8 Å². The Balaban J connectivity index is 1.17. The van der Waals surface area contributed by atoms with Gasteiger partial charge < -0.3 is 19.0 Å². The van der Waals surface area contributed by atoms with Gasteiger partial charge in [-0.1, -0.05) is 24.3 Å². The van der Waals surface area contributed by atoms with E-state index in [0.29, 0.717) is 46.1 Å². The second-order valence-corrected chi connectivity index (χ2v) is 10.1. The number of nitrogens with zero attached hydrogens (tertiary/aromatic N) is 6. The van der Waals surface area contributed by atoms with Crippen LogP contribution in [0.4, 0.5) is 13.2 Å². The first-order valence-electron chi connectivity index (χ1n) is 13.0. The number of hydrogen-bond acceptors (Lipinski definition) is 7. The summed E-state index contributed by atoms with van der Waals surface area (Å²) in [6.45, 7) is 0.194. The van der Waals surface area contributed by atoms with E-state index in [1.807, 2.05) is 18.2 Å². The lowest BCUT2D eigenvalue weighted by atomic mass is 10.1. The fourth-order valence-electron chi connectivity index (χ4n) is 4.82. The smallest absolute Gasteiger partial charge is 0.434 e. The molecule has 12 heteroatoms. The van der Waals surface area contributed by atoms with Crippen molar-refractivity contribution < 1.29 is 22.6 Å². The number of nitrogens with one attached hydrogen (secondary N) is 1. The maximum absolute atomic E-state index is 13.3. The van der Waals surface area contributed by atoms with Gasteiger partial charge in [0.15, 0.2) is 11.5 Å². The highest BCUT2D eigenvalue weighted by molar-refractivity contribution is 5.83. The van der Waals surface area contributed by atoms with Crippen molar-refractivity contribution in [2.75, 3.05) is 7.11 Å². The molecule has 5 aromatic rings. The van der Waals surface area contributed by atoms with Gasteiger partial charge in [0.1, 0.15) is 30.0 Å². The molecule has 0 bridgehead atoms. The van der Waals surface area contributed by atoms with Crippen LogP contribution in [0.15, 0.2) is 49.1 Å². The third kappa shape index (κ3) is 4.52. The summed E-state index contributed by atoms with van der Waals surface area (Å²) in [7, 11) is 1.55. The number of hydrogen-bond donors (Lipinski definition) is 1. The van der Waals surface area contributed by atoms with Crippen LogP contribution in [-0.2, 0) is 12.8 Å². The maximum Gasteiger partial charge on any atom is 0.434 e. The first-order chi connectivity index (χ1) is 19.4. The predicted molar refractivity (Wildman–Crippen MR) is 139 cm³/mol. The zero-order valence-corrected chi connectivity index (χ0v) is 21.4. The molecule has 0 saturated heterocycles. The average Bonchev–Trinajstić information content (AvgIpc) is 3.89. The van der Waals surface area contributed by atoms with Gasteiger partial charge >= 0.3 is 6.18 Å². The van der Waals surface area contributed by atoms with Crippen molar-refractivity contribution in [3.63, 3.8) is 0 Å². The van der Waals surface area contributed by atoms with E-state index in [0.717, 1.165) is 48.5 Å². The van der Waals surface area contributed by atoms with Gasteiger partial charge in [-0.05, 0) is 37.3 Å². The van der Waals surface area contributed by atoms with Gasteiger partial charge in [-0.15, -0.1) is 0 Å². The lowest BCUT2D eigenvalue weighted by molar-refractivity contribution is -0.140. The van der Waals surface area contributed by atoms with Gasteiger partial charge in [0, 0.05) is 29.9 Å². The molecule has 4 heterocycles. The highest BCUT2D eigenvalue weighted by Crippen LogP contribution is 2.45. The number of alkyl halides is 3. The Morgan fingerprint density at radius 2 is 1.77 bits per heavy atom. The molecular weight excluding hydrogens is 523 g/mol. The number of imidazole rings is 1. The highest BCUT2D eigenvalue weighted by atomic mass is 19.4. The number of rotatable bonds is 8. The first kappa shape index (κ1) is 24.6. The van der Waals surface area contributed by atoms with E-state index in [-0.39, 0.29) is 12.6 Å². The van der Waals surface area contributed by atoms with Gasteiger partial charge in [-0.25, -0.2) is 19.9 Å². The number of aromatic nitrogens is 7. The normalized spacial score (nSPS) is 15.5. The van der Waals surface area contributed by atoms with Crippen LogP contribution in [0.1, 0.15) is 54.6 Å². The van der Waals surface area contributed by atoms with Crippen molar-refractivity contribution in [2.24, 2.45) is 0 Å². The Labute approximate surface area is 226 Å². The molecule has 2 aliphatic carbocycles. The summed E-state index contributed by atoms with van der Waals surface area (Å²) in [4.78, 5) is 25.2. The number of benzene rings is 1. The minimum absolute atomic E-state index is 0.0615. The number of H-pyrrole nitrogens is 1. The Hall–Kier alpha value is -4.48. The van der Waals surface area contributed by atoms with Gasteiger partial charge in [0.05, 0.1) is 18.2 Å². The molecule has 0 amide bonds. The molecule has 2 aliphatic rings. The minimum Gasteiger partial charge on any atom is -0.480 e. The minimum atomic E-state index is -4.49. The molecule has 1 aromatic carbocycles. The summed E-state index contributed by atoms with van der Waals surface area (Å²) in [5.74, 6) is 1.84. The lowest BCUT2D eigenvalue weighted by Gasteiger charge is -2.13. The third-order valence-corrected chi connectivity index (χ3v) is 7.15. The summed E-state index contributed by atoms with van der Waals surface area (Å²) in [5.41, 5.74) is 2.69. The molecule has 4 aromatic heterocycles. The van der Waals surface area contributed by atoms with E-state index in [1.165, 1.54) is 6.33 Å². The number of halogens is 3. The molecule has 0 spiro atoms. The van der Waals surface area contributed by atoms with Crippen LogP contribution in [0, 0.1) is 0 Å². The van der Waals surface area contributed by atoms with Gasteiger partial charge in [-0.2, -0.15) is 18.2 Å². The summed E-state index contributed by atoms with van der Waals surface area (Å²) in [5, 5.41) is 0.718. The molecule has 7 rings (SSSR count). The van der Waals surface area contributed by atoms with Crippen molar-refractivity contribution in [1.82, 2.24) is 34.5 Å². The topological polar surface area (TPSA) is 104 Å². The van der Waals surface area contributed by atoms with Crippen molar-refractivity contribution in [3.8, 4) is 34.5 Å². The number of ether oxygens (including phenoxy) is 2.